The molecule has 3 nitrogen and oxygen atoms in total. The Morgan fingerprint density at radius 1 is 1.23 bits per heavy atom. The molecule has 2 aromatic rings. The van der Waals surface area contributed by atoms with E-state index in [2.05, 4.69) is 10.6 Å². The fraction of sp³-hybridized carbons (Fsp3) is 0.118. The zero-order valence-electron chi connectivity index (χ0n) is 12.3. The zero-order chi connectivity index (χ0) is 16.1. The number of halogens is 2. The SMILES string of the molecule is Cc1cc(C)c(NC(=O)N/C=C/c2ccccc2F)c(Cl)c1. The van der Waals surface area contributed by atoms with Gasteiger partial charge in [-0.1, -0.05) is 35.9 Å². The highest BCUT2D eigenvalue weighted by molar-refractivity contribution is 6.34. The lowest BCUT2D eigenvalue weighted by atomic mass is 10.1. The van der Waals surface area contributed by atoms with E-state index >= 15 is 0 Å². The first kappa shape index (κ1) is 16.0. The molecule has 2 aromatic carbocycles. The number of nitrogens with one attached hydrogen (secondary N) is 2. The van der Waals surface area contributed by atoms with Crippen molar-refractivity contribution in [3.05, 3.63) is 70.1 Å². The maximum atomic E-state index is 13.4. The molecule has 0 aliphatic heterocycles. The number of hydrogen-bond acceptors (Lipinski definition) is 1. The number of aryl methyl sites for hydroxylation is 2. The van der Waals surface area contributed by atoms with Gasteiger partial charge in [-0.25, -0.2) is 9.18 Å². The summed E-state index contributed by atoms with van der Waals surface area (Å²) in [6, 6.07) is 9.56. The van der Waals surface area contributed by atoms with E-state index in [1.807, 2.05) is 19.9 Å². The molecule has 0 aromatic heterocycles. The maximum Gasteiger partial charge on any atom is 0.323 e. The van der Waals surface area contributed by atoms with Crippen LogP contribution in [0.3, 0.4) is 0 Å². The molecule has 0 bridgehead atoms. The van der Waals surface area contributed by atoms with Crippen LogP contribution < -0.4 is 10.6 Å². The normalized spacial score (nSPS) is 10.7. The van der Waals surface area contributed by atoms with Crippen LogP contribution in [0.15, 0.2) is 42.6 Å². The third-order valence-corrected chi connectivity index (χ3v) is 3.35. The summed E-state index contributed by atoms with van der Waals surface area (Å²) in [6.07, 6.45) is 2.86. The fourth-order valence-corrected chi connectivity index (χ4v) is 2.41. The molecule has 2 rings (SSSR count). The van der Waals surface area contributed by atoms with Crippen LogP contribution in [-0.2, 0) is 0 Å². The highest BCUT2D eigenvalue weighted by Crippen LogP contribution is 2.27. The van der Waals surface area contributed by atoms with E-state index in [4.69, 9.17) is 11.6 Å². The summed E-state index contributed by atoms with van der Waals surface area (Å²) in [4.78, 5) is 11.9. The van der Waals surface area contributed by atoms with Gasteiger partial charge in [-0.3, -0.25) is 0 Å². The molecule has 22 heavy (non-hydrogen) atoms. The number of rotatable bonds is 3. The largest absolute Gasteiger partial charge is 0.323 e. The predicted molar refractivity (Wildman–Crippen MR) is 88.5 cm³/mol. The quantitative estimate of drug-likeness (QED) is 0.831. The summed E-state index contributed by atoms with van der Waals surface area (Å²) >= 11 is 6.12. The van der Waals surface area contributed by atoms with Crippen molar-refractivity contribution in [1.82, 2.24) is 5.32 Å². The number of carbonyl (C=O) groups is 1. The Labute approximate surface area is 133 Å². The van der Waals surface area contributed by atoms with Crippen molar-refractivity contribution >= 4 is 29.4 Å². The molecule has 0 aliphatic rings. The van der Waals surface area contributed by atoms with Crippen LogP contribution in [0.5, 0.6) is 0 Å². The van der Waals surface area contributed by atoms with Crippen molar-refractivity contribution in [2.24, 2.45) is 0 Å². The summed E-state index contributed by atoms with van der Waals surface area (Å²) in [5, 5.41) is 5.68. The minimum atomic E-state index is -0.443. The van der Waals surface area contributed by atoms with Gasteiger partial charge in [0.05, 0.1) is 10.7 Å². The summed E-state index contributed by atoms with van der Waals surface area (Å²) < 4.78 is 13.4. The Hall–Kier alpha value is -2.33. The molecule has 0 heterocycles. The van der Waals surface area contributed by atoms with Crippen molar-refractivity contribution in [1.29, 1.82) is 0 Å². The van der Waals surface area contributed by atoms with Crippen LogP contribution in [0.2, 0.25) is 5.02 Å². The third-order valence-electron chi connectivity index (χ3n) is 3.05. The molecule has 5 heteroatoms. The van der Waals surface area contributed by atoms with Crippen LogP contribution in [-0.4, -0.2) is 6.03 Å². The van der Waals surface area contributed by atoms with E-state index in [1.165, 1.54) is 18.3 Å². The molecule has 2 N–H and O–H groups in total. The second kappa shape index (κ2) is 7.09. The molecule has 0 fully saturated rings. The smallest absolute Gasteiger partial charge is 0.314 e. The monoisotopic (exact) mass is 318 g/mol. The van der Waals surface area contributed by atoms with Crippen molar-refractivity contribution in [2.45, 2.75) is 13.8 Å². The van der Waals surface area contributed by atoms with Gasteiger partial charge in [-0.15, -0.1) is 0 Å². The fourth-order valence-electron chi connectivity index (χ4n) is 2.04. The van der Waals surface area contributed by atoms with Crippen molar-refractivity contribution < 1.29 is 9.18 Å². The van der Waals surface area contributed by atoms with Crippen LogP contribution in [0.25, 0.3) is 6.08 Å². The molecule has 0 saturated heterocycles. The van der Waals surface area contributed by atoms with Crippen LogP contribution in [0.4, 0.5) is 14.9 Å². The number of benzene rings is 2. The number of carbonyl (C=O) groups excluding carboxylic acids is 1. The molecule has 2 amide bonds. The molecule has 0 atom stereocenters. The first-order valence-corrected chi connectivity index (χ1v) is 7.10. The molecule has 0 unspecified atom stereocenters. The molecule has 0 spiro atoms. The van der Waals surface area contributed by atoms with E-state index in [9.17, 15) is 9.18 Å². The topological polar surface area (TPSA) is 41.1 Å². The standard InChI is InChI=1S/C17H16ClFN2O/c1-11-9-12(2)16(14(18)10-11)21-17(22)20-8-7-13-5-3-4-6-15(13)19/h3-10H,1-2H3,(H2,20,21,22)/b8-7+. The van der Waals surface area contributed by atoms with Gasteiger partial charge in [0, 0.05) is 11.8 Å². The van der Waals surface area contributed by atoms with Crippen molar-refractivity contribution in [3.63, 3.8) is 0 Å². The minimum absolute atomic E-state index is 0.349. The Morgan fingerprint density at radius 3 is 2.64 bits per heavy atom. The molecule has 0 aliphatic carbocycles. The molecule has 0 saturated carbocycles. The summed E-state index contributed by atoms with van der Waals surface area (Å²) in [7, 11) is 0. The first-order chi connectivity index (χ1) is 10.5. The van der Waals surface area contributed by atoms with Crippen molar-refractivity contribution in [2.75, 3.05) is 5.32 Å². The van der Waals surface area contributed by atoms with Gasteiger partial charge in [-0.2, -0.15) is 0 Å². The number of amides is 2. The zero-order valence-corrected chi connectivity index (χ0v) is 13.0. The first-order valence-electron chi connectivity index (χ1n) is 6.72. The van der Waals surface area contributed by atoms with E-state index in [0.717, 1.165) is 11.1 Å². The molecule has 114 valence electrons. The van der Waals surface area contributed by atoms with Crippen molar-refractivity contribution in [3.8, 4) is 0 Å². The summed E-state index contributed by atoms with van der Waals surface area (Å²) in [5.74, 6) is -0.349. The van der Waals surface area contributed by atoms with Gasteiger partial charge < -0.3 is 10.6 Å². The lowest BCUT2D eigenvalue weighted by molar-refractivity contribution is 0.255. The number of hydrogen-bond donors (Lipinski definition) is 2. The molecule has 0 radical (unpaired) electrons. The van der Waals surface area contributed by atoms with E-state index in [-0.39, 0.29) is 5.82 Å². The Bertz CT molecular complexity index is 705. The van der Waals surface area contributed by atoms with Gasteiger partial charge >= 0.3 is 6.03 Å². The Kier molecular flexibility index (Phi) is 5.17. The van der Waals surface area contributed by atoms with Crippen LogP contribution in [0, 0.1) is 19.7 Å². The van der Waals surface area contributed by atoms with Gasteiger partial charge in [0.15, 0.2) is 0 Å². The molecular formula is C17H16ClFN2O. The van der Waals surface area contributed by atoms with Gasteiger partial charge in [0.2, 0.25) is 0 Å². The second-order valence-corrected chi connectivity index (χ2v) is 5.30. The average molecular weight is 319 g/mol. The van der Waals surface area contributed by atoms with Gasteiger partial charge in [-0.05, 0) is 43.2 Å². The maximum absolute atomic E-state index is 13.4. The summed E-state index contributed by atoms with van der Waals surface area (Å²) in [6.45, 7) is 3.80. The van der Waals surface area contributed by atoms with Gasteiger partial charge in [0.25, 0.3) is 0 Å². The lowest BCUT2D eigenvalue weighted by Crippen LogP contribution is -2.24. The summed E-state index contributed by atoms with van der Waals surface area (Å²) in [5.41, 5.74) is 2.85. The average Bonchev–Trinajstić information content (AvgIpc) is 2.45. The van der Waals surface area contributed by atoms with Gasteiger partial charge in [0.1, 0.15) is 5.82 Å². The third kappa shape index (κ3) is 4.09. The number of anilines is 1. The number of urea groups is 1. The minimum Gasteiger partial charge on any atom is -0.314 e. The predicted octanol–water partition coefficient (Wildman–Crippen LogP) is 4.89. The van der Waals surface area contributed by atoms with E-state index in [0.29, 0.717) is 16.3 Å². The van der Waals surface area contributed by atoms with Crippen LogP contribution in [0.1, 0.15) is 16.7 Å². The van der Waals surface area contributed by atoms with Crippen LogP contribution >= 0.6 is 11.6 Å². The van der Waals surface area contributed by atoms with E-state index < -0.39 is 6.03 Å². The lowest BCUT2D eigenvalue weighted by Gasteiger charge is -2.11. The second-order valence-electron chi connectivity index (χ2n) is 4.89. The highest BCUT2D eigenvalue weighted by atomic mass is 35.5. The Balaban J connectivity index is 2.01. The highest BCUT2D eigenvalue weighted by Gasteiger charge is 2.08. The molecular weight excluding hydrogens is 303 g/mol. The van der Waals surface area contributed by atoms with E-state index in [1.54, 1.807) is 24.3 Å². The Morgan fingerprint density at radius 2 is 1.95 bits per heavy atom.